The number of benzene rings is 1. The van der Waals surface area contributed by atoms with Crippen LogP contribution in [0.1, 0.15) is 69.9 Å². The summed E-state index contributed by atoms with van der Waals surface area (Å²) >= 11 is 0. The molecule has 18 heavy (non-hydrogen) atoms. The second-order valence-corrected chi connectivity index (χ2v) is 6.02. The Labute approximate surface area is 111 Å². The van der Waals surface area contributed by atoms with Crippen molar-refractivity contribution in [3.63, 3.8) is 0 Å². The molecular weight excluding hydrogens is 220 g/mol. The van der Waals surface area contributed by atoms with Crippen LogP contribution in [-0.2, 0) is 5.60 Å². The monoisotopic (exact) mass is 246 g/mol. The minimum Gasteiger partial charge on any atom is -0.385 e. The van der Waals surface area contributed by atoms with Crippen molar-refractivity contribution in [2.24, 2.45) is 5.92 Å². The average Bonchev–Trinajstić information content (AvgIpc) is 2.39. The summed E-state index contributed by atoms with van der Waals surface area (Å²) in [4.78, 5) is 0. The SMILES string of the molecule is CC[C@@H]1CCCC[C@@]1(O)c1ccccc1C(C)C. The van der Waals surface area contributed by atoms with Crippen molar-refractivity contribution < 1.29 is 5.11 Å². The molecule has 1 fully saturated rings. The summed E-state index contributed by atoms with van der Waals surface area (Å²) in [5.41, 5.74) is 1.92. The van der Waals surface area contributed by atoms with Crippen LogP contribution in [0.15, 0.2) is 24.3 Å². The van der Waals surface area contributed by atoms with E-state index in [9.17, 15) is 5.11 Å². The molecule has 0 unspecified atom stereocenters. The molecule has 1 aromatic carbocycles. The van der Waals surface area contributed by atoms with E-state index < -0.39 is 5.60 Å². The summed E-state index contributed by atoms with van der Waals surface area (Å²) in [6.45, 7) is 6.64. The molecule has 2 atom stereocenters. The van der Waals surface area contributed by atoms with Crippen LogP contribution in [0.25, 0.3) is 0 Å². The summed E-state index contributed by atoms with van der Waals surface area (Å²) in [6, 6.07) is 8.48. The Balaban J connectivity index is 2.44. The van der Waals surface area contributed by atoms with Crippen molar-refractivity contribution in [1.29, 1.82) is 0 Å². The highest BCUT2D eigenvalue weighted by Gasteiger charge is 2.40. The van der Waals surface area contributed by atoms with Gasteiger partial charge >= 0.3 is 0 Å². The molecule has 0 heterocycles. The third-order valence-corrected chi connectivity index (χ3v) is 4.58. The largest absolute Gasteiger partial charge is 0.385 e. The molecule has 2 rings (SSSR count). The summed E-state index contributed by atoms with van der Waals surface area (Å²) in [5.74, 6) is 0.899. The molecule has 100 valence electrons. The molecule has 0 spiro atoms. The van der Waals surface area contributed by atoms with Gasteiger partial charge in [0.1, 0.15) is 0 Å². The molecule has 1 saturated carbocycles. The molecule has 1 heteroatoms. The Morgan fingerprint density at radius 3 is 2.67 bits per heavy atom. The van der Waals surface area contributed by atoms with Gasteiger partial charge in [-0.2, -0.15) is 0 Å². The van der Waals surface area contributed by atoms with E-state index in [-0.39, 0.29) is 0 Å². The fourth-order valence-electron chi connectivity index (χ4n) is 3.52. The van der Waals surface area contributed by atoms with Gasteiger partial charge in [-0.05, 0) is 35.8 Å². The lowest BCUT2D eigenvalue weighted by Gasteiger charge is -2.41. The van der Waals surface area contributed by atoms with Gasteiger partial charge in [-0.1, -0.05) is 64.3 Å². The molecule has 0 saturated heterocycles. The third kappa shape index (κ3) is 2.33. The first-order chi connectivity index (χ1) is 8.59. The number of hydrogen-bond donors (Lipinski definition) is 1. The first kappa shape index (κ1) is 13.6. The van der Waals surface area contributed by atoms with E-state index in [0.717, 1.165) is 19.3 Å². The van der Waals surface area contributed by atoms with E-state index in [4.69, 9.17) is 0 Å². The first-order valence-corrected chi connectivity index (χ1v) is 7.41. The maximum atomic E-state index is 11.2. The Morgan fingerprint density at radius 2 is 2.00 bits per heavy atom. The van der Waals surface area contributed by atoms with E-state index in [1.807, 2.05) is 0 Å². The van der Waals surface area contributed by atoms with Crippen LogP contribution in [0.4, 0.5) is 0 Å². The second kappa shape index (κ2) is 5.44. The number of aliphatic hydroxyl groups is 1. The van der Waals surface area contributed by atoms with E-state index in [0.29, 0.717) is 11.8 Å². The van der Waals surface area contributed by atoms with E-state index in [1.165, 1.54) is 24.0 Å². The molecule has 0 amide bonds. The summed E-state index contributed by atoms with van der Waals surface area (Å²) in [6.07, 6.45) is 5.59. The number of hydrogen-bond acceptors (Lipinski definition) is 1. The quantitative estimate of drug-likeness (QED) is 0.826. The van der Waals surface area contributed by atoms with Crippen LogP contribution in [-0.4, -0.2) is 5.11 Å². The Kier molecular flexibility index (Phi) is 4.11. The van der Waals surface area contributed by atoms with Crippen LogP contribution in [0.3, 0.4) is 0 Å². The van der Waals surface area contributed by atoms with E-state index in [2.05, 4.69) is 45.0 Å². The summed E-state index contributed by atoms with van der Waals surface area (Å²) in [5, 5.41) is 11.2. The maximum absolute atomic E-state index is 11.2. The molecule has 0 aliphatic heterocycles. The molecular formula is C17H26O. The van der Waals surface area contributed by atoms with Crippen molar-refractivity contribution in [3.05, 3.63) is 35.4 Å². The van der Waals surface area contributed by atoms with Crippen molar-refractivity contribution in [2.45, 2.75) is 64.4 Å². The predicted molar refractivity (Wildman–Crippen MR) is 76.7 cm³/mol. The van der Waals surface area contributed by atoms with Crippen molar-refractivity contribution in [1.82, 2.24) is 0 Å². The normalized spacial score (nSPS) is 28.6. The van der Waals surface area contributed by atoms with Gasteiger partial charge < -0.3 is 5.11 Å². The Morgan fingerprint density at radius 1 is 1.28 bits per heavy atom. The summed E-state index contributed by atoms with van der Waals surface area (Å²) < 4.78 is 0. The van der Waals surface area contributed by atoms with E-state index in [1.54, 1.807) is 0 Å². The van der Waals surface area contributed by atoms with Crippen LogP contribution < -0.4 is 0 Å². The zero-order chi connectivity index (χ0) is 13.2. The van der Waals surface area contributed by atoms with Gasteiger partial charge in [-0.25, -0.2) is 0 Å². The molecule has 0 bridgehead atoms. The van der Waals surface area contributed by atoms with Crippen LogP contribution in [0.5, 0.6) is 0 Å². The highest BCUT2D eigenvalue weighted by molar-refractivity contribution is 5.35. The van der Waals surface area contributed by atoms with Gasteiger partial charge in [0.05, 0.1) is 5.60 Å². The highest BCUT2D eigenvalue weighted by atomic mass is 16.3. The van der Waals surface area contributed by atoms with Gasteiger partial charge in [-0.3, -0.25) is 0 Å². The fraction of sp³-hybridized carbons (Fsp3) is 0.647. The standard InChI is InChI=1S/C17H26O/c1-4-14-9-7-8-12-17(14,18)16-11-6-5-10-15(16)13(2)3/h5-6,10-11,13-14,18H,4,7-9,12H2,1-3H3/t14-,17+/m1/s1. The zero-order valence-electron chi connectivity index (χ0n) is 11.9. The molecule has 1 aliphatic carbocycles. The van der Waals surface area contributed by atoms with Crippen molar-refractivity contribution in [3.8, 4) is 0 Å². The summed E-state index contributed by atoms with van der Waals surface area (Å²) in [7, 11) is 0. The molecule has 1 nitrogen and oxygen atoms in total. The van der Waals surface area contributed by atoms with E-state index >= 15 is 0 Å². The number of rotatable bonds is 3. The third-order valence-electron chi connectivity index (χ3n) is 4.58. The minimum absolute atomic E-state index is 0.422. The van der Waals surface area contributed by atoms with Crippen LogP contribution in [0.2, 0.25) is 0 Å². The highest BCUT2D eigenvalue weighted by Crippen LogP contribution is 2.45. The topological polar surface area (TPSA) is 20.2 Å². The van der Waals surface area contributed by atoms with Crippen LogP contribution in [0, 0.1) is 5.92 Å². The fourth-order valence-corrected chi connectivity index (χ4v) is 3.52. The van der Waals surface area contributed by atoms with Gasteiger partial charge in [-0.15, -0.1) is 0 Å². The van der Waals surface area contributed by atoms with Crippen LogP contribution >= 0.6 is 0 Å². The molecule has 1 aliphatic rings. The molecule has 1 aromatic rings. The van der Waals surface area contributed by atoms with Gasteiger partial charge in [0, 0.05) is 0 Å². The van der Waals surface area contributed by atoms with Gasteiger partial charge in [0.2, 0.25) is 0 Å². The van der Waals surface area contributed by atoms with Crippen molar-refractivity contribution in [2.75, 3.05) is 0 Å². The minimum atomic E-state index is -0.589. The van der Waals surface area contributed by atoms with Gasteiger partial charge in [0.15, 0.2) is 0 Å². The second-order valence-electron chi connectivity index (χ2n) is 6.02. The average molecular weight is 246 g/mol. The Bertz CT molecular complexity index is 396. The molecule has 0 radical (unpaired) electrons. The molecule has 1 N–H and O–H groups in total. The zero-order valence-corrected chi connectivity index (χ0v) is 11.9. The predicted octanol–water partition coefficient (Wildman–Crippen LogP) is 4.60. The Hall–Kier alpha value is -0.820. The van der Waals surface area contributed by atoms with Gasteiger partial charge in [0.25, 0.3) is 0 Å². The van der Waals surface area contributed by atoms with Crippen molar-refractivity contribution >= 4 is 0 Å². The lowest BCUT2D eigenvalue weighted by atomic mass is 9.68. The molecule has 0 aromatic heterocycles. The smallest absolute Gasteiger partial charge is 0.0927 e. The first-order valence-electron chi connectivity index (χ1n) is 7.41. The maximum Gasteiger partial charge on any atom is 0.0927 e. The lowest BCUT2D eigenvalue weighted by molar-refractivity contribution is -0.0565. The lowest BCUT2D eigenvalue weighted by Crippen LogP contribution is -2.38.